The summed E-state index contributed by atoms with van der Waals surface area (Å²) in [4.78, 5) is 14.9. The Morgan fingerprint density at radius 2 is 2.04 bits per heavy atom. The highest BCUT2D eigenvalue weighted by Crippen LogP contribution is 2.28. The van der Waals surface area contributed by atoms with Gasteiger partial charge in [-0.25, -0.2) is 0 Å². The first-order chi connectivity index (χ1) is 13.1. The van der Waals surface area contributed by atoms with Gasteiger partial charge >= 0.3 is 0 Å². The Morgan fingerprint density at radius 3 is 2.81 bits per heavy atom. The van der Waals surface area contributed by atoms with E-state index in [4.69, 9.17) is 0 Å². The number of aryl methyl sites for hydroxylation is 1. The molecule has 1 amide bonds. The van der Waals surface area contributed by atoms with Crippen molar-refractivity contribution in [1.29, 1.82) is 0 Å². The zero-order valence-corrected chi connectivity index (χ0v) is 17.3. The van der Waals surface area contributed by atoms with Gasteiger partial charge in [-0.05, 0) is 55.7 Å². The van der Waals surface area contributed by atoms with Crippen LogP contribution in [0.25, 0.3) is 5.13 Å². The normalized spacial score (nSPS) is 17.1. The largest absolute Gasteiger partial charge is 0.346 e. The molecule has 3 heterocycles. The van der Waals surface area contributed by atoms with Gasteiger partial charge in [0.25, 0.3) is 0 Å². The van der Waals surface area contributed by atoms with E-state index in [1.165, 1.54) is 0 Å². The first-order valence-corrected chi connectivity index (χ1v) is 10.5. The van der Waals surface area contributed by atoms with Crippen LogP contribution in [0.15, 0.2) is 47.2 Å². The van der Waals surface area contributed by atoms with E-state index in [1.807, 2.05) is 54.2 Å². The predicted octanol–water partition coefficient (Wildman–Crippen LogP) is 4.25. The molecule has 4 rings (SSSR count). The van der Waals surface area contributed by atoms with E-state index in [0.717, 1.165) is 45.4 Å². The quantitative estimate of drug-likeness (QED) is 0.651. The summed E-state index contributed by atoms with van der Waals surface area (Å²) in [5, 5.41) is 13.4. The molecule has 1 aliphatic rings. The third kappa shape index (κ3) is 4.06. The van der Waals surface area contributed by atoms with Crippen LogP contribution in [0.3, 0.4) is 0 Å². The van der Waals surface area contributed by atoms with Crippen LogP contribution in [0.4, 0.5) is 10.8 Å². The molecule has 1 saturated heterocycles. The van der Waals surface area contributed by atoms with Crippen molar-refractivity contribution in [2.45, 2.75) is 19.8 Å². The topological polar surface area (TPSA) is 63.1 Å². The number of nitrogens with one attached hydrogen (secondary N) is 1. The zero-order chi connectivity index (χ0) is 18.8. The third-order valence-corrected chi connectivity index (χ3v) is 6.60. The van der Waals surface area contributed by atoms with E-state index in [9.17, 15) is 4.79 Å². The minimum Gasteiger partial charge on any atom is -0.346 e. The SMILES string of the molecule is Cc1cc(NC(=O)[C@@H]2CCCN(c3nnc(-n4cccc4)s3)C2)ccc1Br. The number of nitrogens with zero attached hydrogens (tertiary/aromatic N) is 4. The lowest BCUT2D eigenvalue weighted by atomic mass is 9.97. The number of carbonyl (C=O) groups excluding carboxylic acids is 1. The number of aromatic nitrogens is 3. The number of anilines is 2. The summed E-state index contributed by atoms with van der Waals surface area (Å²) in [6.07, 6.45) is 5.77. The predicted molar refractivity (Wildman–Crippen MR) is 112 cm³/mol. The van der Waals surface area contributed by atoms with Crippen molar-refractivity contribution in [2.75, 3.05) is 23.3 Å². The Kier molecular flexibility index (Phi) is 5.27. The Bertz CT molecular complexity index is 939. The monoisotopic (exact) mass is 445 g/mol. The smallest absolute Gasteiger partial charge is 0.229 e. The lowest BCUT2D eigenvalue weighted by Crippen LogP contribution is -2.40. The van der Waals surface area contributed by atoms with Gasteiger partial charge in [-0.2, -0.15) is 0 Å². The number of rotatable bonds is 4. The minimum absolute atomic E-state index is 0.0540. The van der Waals surface area contributed by atoms with E-state index in [1.54, 1.807) is 11.3 Å². The van der Waals surface area contributed by atoms with Crippen molar-refractivity contribution in [3.05, 3.63) is 52.8 Å². The van der Waals surface area contributed by atoms with Crippen molar-refractivity contribution in [3.63, 3.8) is 0 Å². The Morgan fingerprint density at radius 1 is 1.26 bits per heavy atom. The molecule has 1 fully saturated rings. The summed E-state index contributed by atoms with van der Waals surface area (Å²) in [5.41, 5.74) is 1.94. The van der Waals surface area contributed by atoms with E-state index in [-0.39, 0.29) is 11.8 Å². The molecule has 0 bridgehead atoms. The van der Waals surface area contributed by atoms with Gasteiger partial charge in [0.2, 0.25) is 16.2 Å². The molecule has 2 aromatic heterocycles. The summed E-state index contributed by atoms with van der Waals surface area (Å²) >= 11 is 5.04. The fourth-order valence-electron chi connectivity index (χ4n) is 3.23. The maximum absolute atomic E-state index is 12.7. The highest BCUT2D eigenvalue weighted by molar-refractivity contribution is 9.10. The van der Waals surface area contributed by atoms with Crippen LogP contribution in [0.1, 0.15) is 18.4 Å². The highest BCUT2D eigenvalue weighted by atomic mass is 79.9. The van der Waals surface area contributed by atoms with E-state index < -0.39 is 0 Å². The molecule has 1 N–H and O–H groups in total. The maximum Gasteiger partial charge on any atom is 0.229 e. The summed E-state index contributed by atoms with van der Waals surface area (Å²) in [6, 6.07) is 9.79. The second-order valence-corrected chi connectivity index (χ2v) is 8.48. The van der Waals surface area contributed by atoms with Gasteiger partial charge < -0.3 is 10.2 Å². The molecule has 3 aromatic rings. The first-order valence-electron chi connectivity index (χ1n) is 8.89. The van der Waals surface area contributed by atoms with Gasteiger partial charge in [-0.15, -0.1) is 10.2 Å². The number of benzene rings is 1. The number of carbonyl (C=O) groups is 1. The average molecular weight is 446 g/mol. The van der Waals surface area contributed by atoms with Crippen LogP contribution in [0, 0.1) is 12.8 Å². The van der Waals surface area contributed by atoms with Crippen molar-refractivity contribution in [3.8, 4) is 5.13 Å². The summed E-state index contributed by atoms with van der Waals surface area (Å²) in [5.74, 6) is 0.0122. The molecule has 1 aromatic carbocycles. The molecule has 0 radical (unpaired) electrons. The molecule has 0 saturated carbocycles. The molecule has 8 heteroatoms. The van der Waals surface area contributed by atoms with Gasteiger partial charge in [-0.1, -0.05) is 27.3 Å². The molecule has 0 unspecified atom stereocenters. The fraction of sp³-hybridized carbons (Fsp3) is 0.316. The molecule has 0 aliphatic carbocycles. The van der Waals surface area contributed by atoms with E-state index >= 15 is 0 Å². The summed E-state index contributed by atoms with van der Waals surface area (Å²) in [6.45, 7) is 3.59. The second kappa shape index (κ2) is 7.82. The van der Waals surface area contributed by atoms with Crippen LogP contribution < -0.4 is 10.2 Å². The standard InChI is InChI=1S/C19H20BrN5OS/c1-13-11-15(6-7-16(13)20)21-17(26)14-5-4-10-25(12-14)19-23-22-18(27-19)24-8-2-3-9-24/h2-3,6-9,11,14H,4-5,10,12H2,1H3,(H,21,26)/t14-/m1/s1. The lowest BCUT2D eigenvalue weighted by Gasteiger charge is -2.31. The second-order valence-electron chi connectivity index (χ2n) is 6.70. The molecular formula is C19H20BrN5OS. The molecule has 27 heavy (non-hydrogen) atoms. The van der Waals surface area contributed by atoms with Gasteiger partial charge in [-0.3, -0.25) is 9.36 Å². The summed E-state index contributed by atoms with van der Waals surface area (Å²) < 4.78 is 2.99. The fourth-order valence-corrected chi connectivity index (χ4v) is 4.33. The average Bonchev–Trinajstić information content (AvgIpc) is 3.36. The molecule has 6 nitrogen and oxygen atoms in total. The van der Waals surface area contributed by atoms with Crippen molar-refractivity contribution in [1.82, 2.24) is 14.8 Å². The molecule has 1 aliphatic heterocycles. The number of hydrogen-bond acceptors (Lipinski definition) is 5. The van der Waals surface area contributed by atoms with Crippen molar-refractivity contribution in [2.24, 2.45) is 5.92 Å². The van der Waals surface area contributed by atoms with E-state index in [2.05, 4.69) is 36.3 Å². The third-order valence-electron chi connectivity index (χ3n) is 4.72. The molecule has 1 atom stereocenters. The molecule has 0 spiro atoms. The first kappa shape index (κ1) is 18.2. The lowest BCUT2D eigenvalue weighted by molar-refractivity contribution is -0.120. The van der Waals surface area contributed by atoms with Crippen LogP contribution in [-0.4, -0.2) is 33.8 Å². The van der Waals surface area contributed by atoms with Crippen LogP contribution in [0.2, 0.25) is 0 Å². The molecular weight excluding hydrogens is 426 g/mol. The number of hydrogen-bond donors (Lipinski definition) is 1. The van der Waals surface area contributed by atoms with Crippen LogP contribution >= 0.6 is 27.3 Å². The summed E-state index contributed by atoms with van der Waals surface area (Å²) in [7, 11) is 0. The molecule has 140 valence electrons. The Balaban J connectivity index is 1.43. The van der Waals surface area contributed by atoms with Crippen LogP contribution in [-0.2, 0) is 4.79 Å². The van der Waals surface area contributed by atoms with Gasteiger partial charge in [0, 0.05) is 35.6 Å². The Hall–Kier alpha value is -2.19. The Labute approximate surface area is 170 Å². The van der Waals surface area contributed by atoms with Gasteiger partial charge in [0.1, 0.15) is 0 Å². The number of piperidine rings is 1. The van der Waals surface area contributed by atoms with Gasteiger partial charge in [0.05, 0.1) is 5.92 Å². The highest BCUT2D eigenvalue weighted by Gasteiger charge is 2.28. The van der Waals surface area contributed by atoms with Crippen molar-refractivity contribution >= 4 is 44.0 Å². The number of amides is 1. The van der Waals surface area contributed by atoms with Gasteiger partial charge in [0.15, 0.2) is 0 Å². The maximum atomic E-state index is 12.7. The zero-order valence-electron chi connectivity index (χ0n) is 14.9. The van der Waals surface area contributed by atoms with Crippen LogP contribution in [0.5, 0.6) is 0 Å². The van der Waals surface area contributed by atoms with Crippen molar-refractivity contribution < 1.29 is 4.79 Å². The van der Waals surface area contributed by atoms with E-state index in [0.29, 0.717) is 6.54 Å². The minimum atomic E-state index is -0.0540. The number of halogens is 1.